The van der Waals surface area contributed by atoms with Crippen LogP contribution in [-0.4, -0.2) is 0 Å². The van der Waals surface area contributed by atoms with Crippen LogP contribution in [0.4, 0.5) is 5.69 Å². The lowest BCUT2D eigenvalue weighted by molar-refractivity contribution is 0.751. The van der Waals surface area contributed by atoms with Gasteiger partial charge in [0.2, 0.25) is 0 Å². The summed E-state index contributed by atoms with van der Waals surface area (Å²) in [5, 5.41) is 0. The van der Waals surface area contributed by atoms with Gasteiger partial charge in [-0.05, 0) is 81.2 Å². The van der Waals surface area contributed by atoms with Crippen LogP contribution in [0.5, 0.6) is 0 Å². The van der Waals surface area contributed by atoms with E-state index in [1.54, 1.807) is 5.57 Å². The number of hydrogen-bond acceptors (Lipinski definition) is 1. The minimum atomic E-state index is 0.974. The summed E-state index contributed by atoms with van der Waals surface area (Å²) in [6.45, 7) is 10.5. The first-order valence-corrected chi connectivity index (χ1v) is 10.8. The summed E-state index contributed by atoms with van der Waals surface area (Å²) >= 11 is 0. The van der Waals surface area contributed by atoms with E-state index in [1.165, 1.54) is 24.0 Å². The third kappa shape index (κ3) is 5.60. The summed E-state index contributed by atoms with van der Waals surface area (Å²) in [4.78, 5) is 2.25. The fourth-order valence-corrected chi connectivity index (χ4v) is 3.97. The second-order valence-corrected chi connectivity index (χ2v) is 7.65. The second-order valence-electron chi connectivity index (χ2n) is 7.65. The van der Waals surface area contributed by atoms with Gasteiger partial charge in [0.25, 0.3) is 0 Å². The van der Waals surface area contributed by atoms with E-state index in [1.807, 2.05) is 6.08 Å². The van der Waals surface area contributed by atoms with Gasteiger partial charge in [-0.2, -0.15) is 0 Å². The Morgan fingerprint density at radius 1 is 1.10 bits per heavy atom. The van der Waals surface area contributed by atoms with E-state index in [-0.39, 0.29) is 0 Å². The molecule has 1 aromatic rings. The molecule has 150 valence electrons. The number of rotatable bonds is 9. The minimum absolute atomic E-state index is 0.974. The normalized spacial score (nSPS) is 16.2. The molecule has 1 heteroatoms. The van der Waals surface area contributed by atoms with Crippen molar-refractivity contribution in [3.05, 3.63) is 109 Å². The Bertz CT molecular complexity index is 871. The third-order valence-corrected chi connectivity index (χ3v) is 5.60. The Morgan fingerprint density at radius 3 is 2.55 bits per heavy atom. The summed E-state index contributed by atoms with van der Waals surface area (Å²) in [5.74, 6) is 0. The standard InChI is InChI=1S/C28H33N/c1-4-27(5-2)29(23(3)13-12-16-24-14-8-6-9-15-24)28-21-19-26(20-22-28)25-17-10-7-11-18-25/h4-6,8,10,14,17-22H,1,3,7,9,11-13,15-16H2,2H3/b27-5+. The average molecular weight is 384 g/mol. The van der Waals surface area contributed by atoms with Crippen LogP contribution in [0.15, 0.2) is 103 Å². The molecule has 2 aliphatic carbocycles. The highest BCUT2D eigenvalue weighted by Gasteiger charge is 2.14. The number of allylic oxidation sites excluding steroid dienone is 11. The minimum Gasteiger partial charge on any atom is -0.315 e. The Kier molecular flexibility index (Phi) is 7.69. The van der Waals surface area contributed by atoms with Gasteiger partial charge in [0.05, 0.1) is 0 Å². The molecule has 0 fully saturated rings. The van der Waals surface area contributed by atoms with E-state index in [0.717, 1.165) is 49.2 Å². The lowest BCUT2D eigenvalue weighted by Crippen LogP contribution is -2.20. The van der Waals surface area contributed by atoms with Gasteiger partial charge >= 0.3 is 0 Å². The van der Waals surface area contributed by atoms with Gasteiger partial charge in [0.1, 0.15) is 0 Å². The summed E-state index contributed by atoms with van der Waals surface area (Å²) in [7, 11) is 0. The highest BCUT2D eigenvalue weighted by molar-refractivity contribution is 5.76. The topological polar surface area (TPSA) is 3.24 Å². The maximum absolute atomic E-state index is 4.42. The van der Waals surface area contributed by atoms with E-state index < -0.39 is 0 Å². The first-order chi connectivity index (χ1) is 14.2. The molecule has 0 spiro atoms. The molecule has 0 aromatic heterocycles. The van der Waals surface area contributed by atoms with Crippen molar-refractivity contribution in [1.82, 2.24) is 0 Å². The fourth-order valence-electron chi connectivity index (χ4n) is 3.97. The van der Waals surface area contributed by atoms with Gasteiger partial charge in [0, 0.05) is 17.1 Å². The summed E-state index contributed by atoms with van der Waals surface area (Å²) in [5.41, 5.74) is 7.49. The van der Waals surface area contributed by atoms with E-state index in [4.69, 9.17) is 0 Å². The molecule has 0 bridgehead atoms. The quantitative estimate of drug-likeness (QED) is 0.388. The van der Waals surface area contributed by atoms with Crippen molar-refractivity contribution in [2.45, 2.75) is 51.9 Å². The molecular weight excluding hydrogens is 350 g/mol. The van der Waals surface area contributed by atoms with Crippen LogP contribution in [0.2, 0.25) is 0 Å². The Morgan fingerprint density at radius 2 is 1.93 bits per heavy atom. The number of anilines is 1. The van der Waals surface area contributed by atoms with Crippen molar-refractivity contribution in [2.24, 2.45) is 0 Å². The molecule has 0 saturated carbocycles. The molecule has 2 aliphatic rings. The first kappa shape index (κ1) is 20.9. The van der Waals surface area contributed by atoms with Crippen LogP contribution in [0, 0.1) is 0 Å². The van der Waals surface area contributed by atoms with Gasteiger partial charge in [-0.15, -0.1) is 0 Å². The molecule has 0 radical (unpaired) electrons. The lowest BCUT2D eigenvalue weighted by Gasteiger charge is -2.28. The van der Waals surface area contributed by atoms with Crippen LogP contribution in [0.3, 0.4) is 0 Å². The average Bonchev–Trinajstić information content (AvgIpc) is 2.79. The maximum Gasteiger partial charge on any atom is 0.0458 e. The van der Waals surface area contributed by atoms with Gasteiger partial charge in [-0.25, -0.2) is 0 Å². The number of nitrogens with zero attached hydrogens (tertiary/aromatic N) is 1. The fraction of sp³-hybridized carbons (Fsp3) is 0.286. The zero-order chi connectivity index (χ0) is 20.5. The number of hydrogen-bond donors (Lipinski definition) is 0. The lowest BCUT2D eigenvalue weighted by atomic mass is 9.98. The molecule has 0 amide bonds. The molecule has 1 aromatic carbocycles. The van der Waals surface area contributed by atoms with E-state index >= 15 is 0 Å². The largest absolute Gasteiger partial charge is 0.315 e. The van der Waals surface area contributed by atoms with Crippen LogP contribution in [-0.2, 0) is 0 Å². The van der Waals surface area contributed by atoms with Crippen LogP contribution < -0.4 is 4.90 Å². The Hall–Kier alpha value is -2.80. The van der Waals surface area contributed by atoms with Gasteiger partial charge in [-0.3, -0.25) is 0 Å². The van der Waals surface area contributed by atoms with Gasteiger partial charge in [0.15, 0.2) is 0 Å². The summed E-state index contributed by atoms with van der Waals surface area (Å²) in [6, 6.07) is 8.83. The molecule has 0 aliphatic heterocycles. The predicted molar refractivity (Wildman–Crippen MR) is 129 cm³/mol. The zero-order valence-electron chi connectivity index (χ0n) is 17.7. The van der Waals surface area contributed by atoms with Crippen molar-refractivity contribution in [3.8, 4) is 0 Å². The van der Waals surface area contributed by atoms with E-state index in [0.29, 0.717) is 0 Å². The smallest absolute Gasteiger partial charge is 0.0458 e. The summed E-state index contributed by atoms with van der Waals surface area (Å²) in [6.07, 6.45) is 25.4. The van der Waals surface area contributed by atoms with Crippen molar-refractivity contribution in [1.29, 1.82) is 0 Å². The third-order valence-electron chi connectivity index (χ3n) is 5.60. The van der Waals surface area contributed by atoms with Gasteiger partial charge < -0.3 is 4.90 Å². The number of benzene rings is 1. The van der Waals surface area contributed by atoms with Crippen LogP contribution in [0.1, 0.15) is 57.4 Å². The summed E-state index contributed by atoms with van der Waals surface area (Å²) < 4.78 is 0. The Labute approximate surface area is 176 Å². The molecule has 3 rings (SSSR count). The van der Waals surface area contributed by atoms with Crippen LogP contribution >= 0.6 is 0 Å². The SMILES string of the molecule is C=C/C(=C\C)N(C(=C)CCCC1=CC=CCC1)c1ccc(C2=CCCC=C2)cc1. The zero-order valence-corrected chi connectivity index (χ0v) is 17.7. The van der Waals surface area contributed by atoms with Crippen molar-refractivity contribution < 1.29 is 0 Å². The molecule has 0 saturated heterocycles. The highest BCUT2D eigenvalue weighted by atomic mass is 15.1. The van der Waals surface area contributed by atoms with Crippen molar-refractivity contribution >= 4 is 11.3 Å². The molecule has 0 unspecified atom stereocenters. The first-order valence-electron chi connectivity index (χ1n) is 10.8. The van der Waals surface area contributed by atoms with Crippen molar-refractivity contribution in [3.63, 3.8) is 0 Å². The molecule has 29 heavy (non-hydrogen) atoms. The molecule has 0 heterocycles. The second kappa shape index (κ2) is 10.7. The maximum atomic E-state index is 4.42. The van der Waals surface area contributed by atoms with E-state index in [2.05, 4.69) is 91.8 Å². The highest BCUT2D eigenvalue weighted by Crippen LogP contribution is 2.30. The van der Waals surface area contributed by atoms with E-state index in [9.17, 15) is 0 Å². The predicted octanol–water partition coefficient (Wildman–Crippen LogP) is 8.28. The molecule has 0 N–H and O–H groups in total. The van der Waals surface area contributed by atoms with Crippen molar-refractivity contribution in [2.75, 3.05) is 4.90 Å². The van der Waals surface area contributed by atoms with Gasteiger partial charge in [-0.1, -0.05) is 73.4 Å². The molecule has 0 atom stereocenters. The molecule has 1 nitrogen and oxygen atoms in total. The van der Waals surface area contributed by atoms with Crippen LogP contribution in [0.25, 0.3) is 5.57 Å². The molecular formula is C28H33N. The monoisotopic (exact) mass is 383 g/mol. The Balaban J connectivity index is 1.72.